The van der Waals surface area contributed by atoms with Gasteiger partial charge in [0.15, 0.2) is 5.78 Å². The molecule has 0 bridgehead atoms. The van der Waals surface area contributed by atoms with Crippen LogP contribution in [-0.2, 0) is 14.3 Å². The number of hydrogen-bond acceptors (Lipinski definition) is 4. The average molecular weight is 391 g/mol. The summed E-state index contributed by atoms with van der Waals surface area (Å²) >= 11 is 0. The van der Waals surface area contributed by atoms with Crippen LogP contribution in [0.5, 0.6) is 0 Å². The fourth-order valence-electron chi connectivity index (χ4n) is 4.48. The maximum absolute atomic E-state index is 13.5. The number of benzene rings is 2. The van der Waals surface area contributed by atoms with E-state index in [1.165, 1.54) is 19.2 Å². The molecule has 0 saturated carbocycles. The van der Waals surface area contributed by atoms with Crippen LogP contribution in [-0.4, -0.2) is 24.6 Å². The van der Waals surface area contributed by atoms with Crippen molar-refractivity contribution in [2.45, 2.75) is 31.6 Å². The van der Waals surface area contributed by atoms with E-state index in [1.54, 1.807) is 19.1 Å². The number of allylic oxidation sites excluding steroid dienone is 2. The van der Waals surface area contributed by atoms with Crippen LogP contribution in [0.15, 0.2) is 70.9 Å². The highest BCUT2D eigenvalue weighted by molar-refractivity contribution is 6.09. The number of nitrogens with zero attached hydrogens (tertiary/aromatic N) is 1. The normalized spacial score (nSPS) is 24.0. The second-order valence-electron chi connectivity index (χ2n) is 7.58. The Hall–Kier alpha value is -3.08. The van der Waals surface area contributed by atoms with Crippen molar-refractivity contribution >= 4 is 17.5 Å². The quantitative estimate of drug-likeness (QED) is 0.720. The molecule has 1 heterocycles. The second-order valence-corrected chi connectivity index (χ2v) is 7.58. The van der Waals surface area contributed by atoms with Gasteiger partial charge in [0.05, 0.1) is 7.11 Å². The first-order valence-electron chi connectivity index (χ1n) is 9.69. The number of carbonyl (C=O) groups excluding carboxylic acids is 2. The largest absolute Gasteiger partial charge is 0.468 e. The number of hydrogen-bond donors (Lipinski definition) is 0. The number of ketones is 1. The molecule has 4 rings (SSSR count). The molecule has 0 fully saturated rings. The number of methoxy groups -OCH3 is 1. The lowest BCUT2D eigenvalue weighted by molar-refractivity contribution is -0.143. The number of ether oxygens (including phenoxy) is 1. The van der Waals surface area contributed by atoms with E-state index >= 15 is 0 Å². The first kappa shape index (κ1) is 19.2. The summed E-state index contributed by atoms with van der Waals surface area (Å²) in [6, 6.07) is 15.9. The molecular weight excluding hydrogens is 369 g/mol. The Bertz CT molecular complexity index is 1010. The maximum atomic E-state index is 13.5. The summed E-state index contributed by atoms with van der Waals surface area (Å²) < 4.78 is 18.5. The molecule has 0 spiro atoms. The molecular formula is C24H22FNO3. The smallest absolute Gasteiger partial charge is 0.315 e. The third-order valence-corrected chi connectivity index (χ3v) is 5.84. The summed E-state index contributed by atoms with van der Waals surface area (Å²) in [6.07, 6.45) is 0.997. The minimum absolute atomic E-state index is 0.0143. The summed E-state index contributed by atoms with van der Waals surface area (Å²) in [7, 11) is 1.33. The summed E-state index contributed by atoms with van der Waals surface area (Å²) in [6.45, 7) is 1.79. The van der Waals surface area contributed by atoms with Gasteiger partial charge in [0.25, 0.3) is 0 Å². The lowest BCUT2D eigenvalue weighted by atomic mass is 9.69. The van der Waals surface area contributed by atoms with Crippen LogP contribution in [0.4, 0.5) is 4.39 Å². The van der Waals surface area contributed by atoms with Crippen molar-refractivity contribution in [2.24, 2.45) is 10.9 Å². The van der Waals surface area contributed by atoms with Gasteiger partial charge in [-0.05, 0) is 42.5 Å². The highest BCUT2D eigenvalue weighted by Crippen LogP contribution is 2.46. The van der Waals surface area contributed by atoms with Crippen LogP contribution in [0, 0.1) is 11.7 Å². The van der Waals surface area contributed by atoms with E-state index in [2.05, 4.69) is 4.99 Å². The maximum Gasteiger partial charge on any atom is 0.315 e. The number of halogens is 1. The van der Waals surface area contributed by atoms with Gasteiger partial charge in [0.2, 0.25) is 0 Å². The highest BCUT2D eigenvalue weighted by atomic mass is 19.1. The molecule has 5 heteroatoms. The number of esters is 1. The van der Waals surface area contributed by atoms with Crippen molar-refractivity contribution in [3.05, 3.63) is 82.8 Å². The van der Waals surface area contributed by atoms with Crippen molar-refractivity contribution in [3.8, 4) is 0 Å². The van der Waals surface area contributed by atoms with Crippen molar-refractivity contribution < 1.29 is 18.7 Å². The average Bonchev–Trinajstić information content (AvgIpc) is 2.73. The predicted molar refractivity (Wildman–Crippen MR) is 108 cm³/mol. The van der Waals surface area contributed by atoms with Gasteiger partial charge in [-0.1, -0.05) is 42.5 Å². The molecule has 2 aliphatic rings. The number of Topliss-reactive ketones (excluding diaryl/α,β-unsaturated/α-hetero) is 1. The molecule has 0 N–H and O–H groups in total. The number of carbonyl (C=O) groups is 2. The standard InChI is InChI=1S/C24H22FNO3/c1-14-21(24(28)29-2)22(16-8-10-18(25)11-9-16)23-19(26-14)12-17(13-20(23)27)15-6-4-3-5-7-15/h3-11,17,21-22H,12-13H2,1-2H3/t17-,21?,22+/m0/s1. The molecule has 1 aliphatic heterocycles. The Kier molecular flexibility index (Phi) is 5.14. The lowest BCUT2D eigenvalue weighted by Gasteiger charge is -2.36. The van der Waals surface area contributed by atoms with Crippen molar-refractivity contribution in [1.82, 2.24) is 0 Å². The van der Waals surface area contributed by atoms with E-state index in [0.29, 0.717) is 24.1 Å². The summed E-state index contributed by atoms with van der Waals surface area (Å²) in [5.41, 5.74) is 3.72. The van der Waals surface area contributed by atoms with Crippen molar-refractivity contribution in [1.29, 1.82) is 0 Å². The van der Waals surface area contributed by atoms with Crippen LogP contribution in [0.2, 0.25) is 0 Å². The minimum atomic E-state index is -0.693. The zero-order valence-electron chi connectivity index (χ0n) is 16.4. The van der Waals surface area contributed by atoms with Gasteiger partial charge in [0.1, 0.15) is 11.7 Å². The van der Waals surface area contributed by atoms with Crippen molar-refractivity contribution in [2.75, 3.05) is 7.11 Å². The molecule has 3 atom stereocenters. The van der Waals surface area contributed by atoms with E-state index in [4.69, 9.17) is 4.74 Å². The van der Waals surface area contributed by atoms with Crippen LogP contribution in [0.25, 0.3) is 0 Å². The SMILES string of the molecule is COC(=O)C1C(C)=NC2=C(C(=O)C[C@@H](c3ccccc3)C2)[C@@H]1c1ccc(F)cc1. The number of aliphatic imine (C=N–C) groups is 1. The van der Waals surface area contributed by atoms with E-state index in [-0.39, 0.29) is 17.5 Å². The third kappa shape index (κ3) is 3.53. The predicted octanol–water partition coefficient (Wildman–Crippen LogP) is 4.57. The monoisotopic (exact) mass is 391 g/mol. The molecule has 0 aromatic heterocycles. The van der Waals surface area contributed by atoms with Gasteiger partial charge < -0.3 is 4.74 Å². The van der Waals surface area contributed by atoms with Crippen LogP contribution < -0.4 is 0 Å². The Morgan fingerprint density at radius 2 is 1.72 bits per heavy atom. The van der Waals surface area contributed by atoms with E-state index in [9.17, 15) is 14.0 Å². The lowest BCUT2D eigenvalue weighted by Crippen LogP contribution is -2.37. The van der Waals surface area contributed by atoms with Gasteiger partial charge >= 0.3 is 5.97 Å². The van der Waals surface area contributed by atoms with Crippen molar-refractivity contribution in [3.63, 3.8) is 0 Å². The van der Waals surface area contributed by atoms with Gasteiger partial charge in [-0.15, -0.1) is 0 Å². The molecule has 2 aromatic rings. The second kappa shape index (κ2) is 7.74. The highest BCUT2D eigenvalue weighted by Gasteiger charge is 2.44. The van der Waals surface area contributed by atoms with E-state index in [1.807, 2.05) is 30.3 Å². The molecule has 1 aliphatic carbocycles. The van der Waals surface area contributed by atoms with Crippen LogP contribution in [0.3, 0.4) is 0 Å². The zero-order chi connectivity index (χ0) is 20.5. The molecule has 2 aromatic carbocycles. The molecule has 4 nitrogen and oxygen atoms in total. The van der Waals surface area contributed by atoms with Crippen LogP contribution >= 0.6 is 0 Å². The zero-order valence-corrected chi connectivity index (χ0v) is 16.4. The summed E-state index contributed by atoms with van der Waals surface area (Å²) in [5, 5.41) is 0. The third-order valence-electron chi connectivity index (χ3n) is 5.84. The molecule has 0 amide bonds. The first-order valence-corrected chi connectivity index (χ1v) is 9.69. The van der Waals surface area contributed by atoms with E-state index < -0.39 is 17.8 Å². The van der Waals surface area contributed by atoms with Gasteiger partial charge in [-0.25, -0.2) is 4.39 Å². The Labute approximate surface area is 169 Å². The topological polar surface area (TPSA) is 55.7 Å². The fourth-order valence-corrected chi connectivity index (χ4v) is 4.48. The van der Waals surface area contributed by atoms with Gasteiger partial charge in [0, 0.05) is 29.3 Å². The van der Waals surface area contributed by atoms with Gasteiger partial charge in [-0.3, -0.25) is 14.6 Å². The minimum Gasteiger partial charge on any atom is -0.468 e. The fraction of sp³-hybridized carbons (Fsp3) is 0.292. The van der Waals surface area contributed by atoms with Gasteiger partial charge in [-0.2, -0.15) is 0 Å². The Morgan fingerprint density at radius 1 is 1.03 bits per heavy atom. The van der Waals surface area contributed by atoms with Crippen LogP contribution in [0.1, 0.15) is 42.7 Å². The molecule has 148 valence electrons. The Balaban J connectivity index is 1.81. The molecule has 0 radical (unpaired) electrons. The number of rotatable bonds is 3. The Morgan fingerprint density at radius 3 is 2.38 bits per heavy atom. The summed E-state index contributed by atoms with van der Waals surface area (Å²) in [4.78, 5) is 30.5. The molecule has 1 unspecified atom stereocenters. The summed E-state index contributed by atoms with van der Waals surface area (Å²) in [5.74, 6) is -1.97. The van der Waals surface area contributed by atoms with E-state index in [0.717, 1.165) is 16.8 Å². The molecule has 0 saturated heterocycles. The first-order chi connectivity index (χ1) is 14.0. The molecule has 29 heavy (non-hydrogen) atoms.